The highest BCUT2D eigenvalue weighted by molar-refractivity contribution is 4.96. The third-order valence-electron chi connectivity index (χ3n) is 13.4. The van der Waals surface area contributed by atoms with E-state index in [4.69, 9.17) is 0 Å². The second-order valence-electron chi connectivity index (χ2n) is 18.2. The van der Waals surface area contributed by atoms with Gasteiger partial charge in [-0.3, -0.25) is 0 Å². The molecule has 0 saturated heterocycles. The lowest BCUT2D eigenvalue weighted by Crippen LogP contribution is -2.28. The van der Waals surface area contributed by atoms with Gasteiger partial charge in [-0.05, 0) is 117 Å². The molecule has 8 atom stereocenters. The fraction of sp³-hybridized carbons (Fsp3) is 0.913. The molecule has 0 aromatic carbocycles. The Balaban J connectivity index is 0.839. The Morgan fingerprint density at radius 3 is 1.12 bits per heavy atom. The van der Waals surface area contributed by atoms with Crippen molar-refractivity contribution in [3.05, 3.63) is 24.6 Å². The summed E-state index contributed by atoms with van der Waals surface area (Å²) >= 11 is 0. The molecule has 4 aliphatic carbocycles. The van der Waals surface area contributed by atoms with E-state index in [2.05, 4.69) is 44.6 Å². The second-order valence-corrected chi connectivity index (χ2v) is 18.2. The van der Waals surface area contributed by atoms with Crippen molar-refractivity contribution in [1.29, 1.82) is 0 Å². The first-order valence-corrected chi connectivity index (χ1v) is 22.3. The van der Waals surface area contributed by atoms with Gasteiger partial charge in [-0.1, -0.05) is 150 Å². The molecule has 2 heteroatoms. The number of hydrogen-bond acceptors (Lipinski definition) is 2. The van der Waals surface area contributed by atoms with E-state index in [-0.39, 0.29) is 0 Å². The van der Waals surface area contributed by atoms with Crippen LogP contribution in [-0.2, 0) is 0 Å². The van der Waals surface area contributed by atoms with Crippen LogP contribution < -0.4 is 10.6 Å². The summed E-state index contributed by atoms with van der Waals surface area (Å²) in [5, 5.41) is 7.24. The van der Waals surface area contributed by atoms with Crippen LogP contribution >= 0.6 is 0 Å². The van der Waals surface area contributed by atoms with E-state index in [1.807, 2.05) is 0 Å². The van der Waals surface area contributed by atoms with Gasteiger partial charge in [0.25, 0.3) is 0 Å². The first-order valence-electron chi connectivity index (χ1n) is 22.3. The van der Waals surface area contributed by atoms with Crippen molar-refractivity contribution in [3.63, 3.8) is 0 Å². The Morgan fingerprint density at radius 1 is 0.458 bits per heavy atom. The highest BCUT2D eigenvalue weighted by atomic mass is 14.9. The molecule has 48 heavy (non-hydrogen) atoms. The van der Waals surface area contributed by atoms with Gasteiger partial charge in [0.2, 0.25) is 0 Å². The van der Waals surface area contributed by atoms with Gasteiger partial charge in [0.15, 0.2) is 0 Å². The molecule has 4 rings (SSSR count). The summed E-state index contributed by atoms with van der Waals surface area (Å²) in [7, 11) is 0. The minimum absolute atomic E-state index is 0.592. The zero-order chi connectivity index (χ0) is 34.0. The topological polar surface area (TPSA) is 24.1 Å². The second kappa shape index (κ2) is 22.8. The molecule has 0 spiro atoms. The first-order chi connectivity index (χ1) is 23.5. The van der Waals surface area contributed by atoms with E-state index >= 15 is 0 Å². The predicted molar refractivity (Wildman–Crippen MR) is 212 cm³/mol. The van der Waals surface area contributed by atoms with Crippen molar-refractivity contribution in [3.8, 4) is 0 Å². The summed E-state index contributed by atoms with van der Waals surface area (Å²) in [6.07, 6.45) is 40.4. The van der Waals surface area contributed by atoms with E-state index in [1.165, 1.54) is 140 Å². The van der Waals surface area contributed by atoms with Gasteiger partial charge < -0.3 is 10.6 Å². The van der Waals surface area contributed by atoms with Crippen LogP contribution in [0.4, 0.5) is 0 Å². The maximum atomic E-state index is 4.32. The fourth-order valence-corrected chi connectivity index (χ4v) is 9.34. The maximum absolute atomic E-state index is 4.32. The number of hydrogen-bond donors (Lipinski definition) is 2. The molecule has 2 nitrogen and oxygen atoms in total. The third kappa shape index (κ3) is 17.3. The van der Waals surface area contributed by atoms with Crippen LogP contribution in [0.2, 0.25) is 0 Å². The molecule has 4 aliphatic rings. The Hall–Kier alpha value is -0.920. The Morgan fingerprint density at radius 2 is 0.771 bits per heavy atom. The lowest BCUT2D eigenvalue weighted by atomic mass is 10.0. The highest BCUT2D eigenvalue weighted by Gasteiger charge is 2.45. The number of rotatable bonds is 34. The van der Waals surface area contributed by atoms with Gasteiger partial charge in [0.05, 0.1) is 0 Å². The largest absolute Gasteiger partial charge is 0.388 e. The lowest BCUT2D eigenvalue weighted by molar-refractivity contribution is 0.493. The van der Waals surface area contributed by atoms with Gasteiger partial charge in [0.1, 0.15) is 0 Å². The smallest absolute Gasteiger partial charge is 0.0186 e. The lowest BCUT2D eigenvalue weighted by Gasteiger charge is -2.17. The van der Waals surface area contributed by atoms with Crippen molar-refractivity contribution in [1.82, 2.24) is 10.6 Å². The molecule has 0 bridgehead atoms. The molecular formula is C46H84N2. The zero-order valence-corrected chi connectivity index (χ0v) is 32.8. The summed E-state index contributed by atoms with van der Waals surface area (Å²) < 4.78 is 0. The molecule has 0 radical (unpaired) electrons. The van der Waals surface area contributed by atoms with Crippen LogP contribution in [-0.4, -0.2) is 13.1 Å². The third-order valence-corrected chi connectivity index (χ3v) is 13.4. The Bertz CT molecular complexity index is 807. The van der Waals surface area contributed by atoms with Gasteiger partial charge in [0, 0.05) is 24.5 Å². The van der Waals surface area contributed by atoms with E-state index in [1.54, 1.807) is 38.5 Å². The zero-order valence-electron chi connectivity index (χ0n) is 32.8. The summed E-state index contributed by atoms with van der Waals surface area (Å²) in [5.74, 6) is 9.52. The van der Waals surface area contributed by atoms with Crippen molar-refractivity contribution in [2.45, 2.75) is 201 Å². The van der Waals surface area contributed by atoms with E-state index in [0.717, 1.165) is 73.3 Å². The minimum atomic E-state index is 0.592. The normalized spacial score (nSPS) is 29.0. The molecule has 0 amide bonds. The summed E-state index contributed by atoms with van der Waals surface area (Å²) in [4.78, 5) is 0. The molecular weight excluding hydrogens is 581 g/mol. The highest BCUT2D eigenvalue weighted by Crippen LogP contribution is 2.55. The summed E-state index contributed by atoms with van der Waals surface area (Å²) in [5.41, 5.74) is 2.47. The number of unbranched alkanes of at least 4 members (excludes halogenated alkanes) is 12. The summed E-state index contributed by atoms with van der Waals surface area (Å²) in [6.45, 7) is 17.7. The molecule has 4 fully saturated rings. The quantitative estimate of drug-likeness (QED) is 0.0669. The molecule has 0 aliphatic heterocycles. The Labute approximate surface area is 301 Å². The van der Waals surface area contributed by atoms with Crippen LogP contribution in [0.3, 0.4) is 0 Å². The van der Waals surface area contributed by atoms with Crippen molar-refractivity contribution >= 4 is 0 Å². The first kappa shape index (κ1) is 39.9. The number of allylic oxidation sites excluding steroid dienone is 2. The van der Waals surface area contributed by atoms with Crippen LogP contribution in [0, 0.1) is 53.3 Å². The van der Waals surface area contributed by atoms with E-state index in [9.17, 15) is 0 Å². The Kier molecular flexibility index (Phi) is 18.9. The molecule has 0 aromatic rings. The minimum Gasteiger partial charge on any atom is -0.388 e. The van der Waals surface area contributed by atoms with E-state index < -0.39 is 0 Å². The monoisotopic (exact) mass is 665 g/mol. The fourth-order valence-electron chi connectivity index (χ4n) is 9.34. The maximum Gasteiger partial charge on any atom is 0.0186 e. The van der Waals surface area contributed by atoms with Gasteiger partial charge in [-0.2, -0.15) is 0 Å². The van der Waals surface area contributed by atoms with Crippen molar-refractivity contribution in [2.75, 3.05) is 13.1 Å². The van der Waals surface area contributed by atoms with Crippen LogP contribution in [0.5, 0.6) is 0 Å². The van der Waals surface area contributed by atoms with Crippen molar-refractivity contribution < 1.29 is 0 Å². The van der Waals surface area contributed by atoms with Gasteiger partial charge >= 0.3 is 0 Å². The average Bonchev–Trinajstić information content (AvgIpc) is 3.90. The molecule has 0 heterocycles. The molecule has 4 saturated carbocycles. The molecule has 8 unspecified atom stereocenters. The van der Waals surface area contributed by atoms with Crippen LogP contribution in [0.25, 0.3) is 0 Å². The molecule has 0 aromatic heterocycles. The predicted octanol–water partition coefficient (Wildman–Crippen LogP) is 13.8. The van der Waals surface area contributed by atoms with Gasteiger partial charge in [-0.15, -0.1) is 0 Å². The van der Waals surface area contributed by atoms with Crippen LogP contribution in [0.15, 0.2) is 24.6 Å². The van der Waals surface area contributed by atoms with Crippen molar-refractivity contribution in [2.24, 2.45) is 53.3 Å². The standard InChI is InChI=1S/C46H84N2/c1-6-8-16-24-39-28-43(39)32-45-30-41(45)26-20-14-10-12-18-22-37(4)47-34-36(3)35-48-38(5)23-19-13-11-15-21-27-42-31-46(42)33-44-29-40(44)25-17-9-7-2/h36,39-48H,4-35H2,1-3H3. The number of nitrogens with one attached hydrogen (secondary N) is 2. The average molecular weight is 665 g/mol. The SMILES string of the molecule is C=C(CCCCCCCC1CC1CC1CC1CCCCC)NCC(C)CNC(=C)CCCCCCCC1CC1CC1CC1CCCCC. The van der Waals surface area contributed by atoms with Crippen LogP contribution in [0.1, 0.15) is 201 Å². The van der Waals surface area contributed by atoms with Gasteiger partial charge in [-0.25, -0.2) is 0 Å². The summed E-state index contributed by atoms with van der Waals surface area (Å²) in [6, 6.07) is 0. The molecule has 2 N–H and O–H groups in total. The molecule has 278 valence electrons. The van der Waals surface area contributed by atoms with E-state index in [0.29, 0.717) is 5.92 Å².